The van der Waals surface area contributed by atoms with E-state index in [0.29, 0.717) is 6.42 Å². The maximum atomic E-state index is 10.4. The number of carbonyl (C=O) groups is 1. The molecule has 176 valence electrons. The van der Waals surface area contributed by atoms with E-state index in [1.54, 1.807) is 0 Å². The molecule has 0 aromatic heterocycles. The molecule has 0 aromatic rings. The molecule has 0 amide bonds. The number of carbonyl (C=O) groups excluding carboxylic acids is 1. The SMILES string of the molecule is CCCCCCCCCCCCCCCC(O)C(O)(O)C(=O)[O-].OCC(O)CO.[Na+]. The predicted molar refractivity (Wildman–Crippen MR) is 109 cm³/mol. The van der Waals surface area contributed by atoms with Gasteiger partial charge >= 0.3 is 29.6 Å². The molecule has 0 fully saturated rings. The van der Waals surface area contributed by atoms with Gasteiger partial charge in [0.2, 0.25) is 5.79 Å². The molecule has 1 atom stereocenters. The van der Waals surface area contributed by atoms with Gasteiger partial charge in [-0.15, -0.1) is 0 Å². The molecule has 0 radical (unpaired) electrons. The van der Waals surface area contributed by atoms with Crippen LogP contribution in [0.25, 0.3) is 0 Å². The summed E-state index contributed by atoms with van der Waals surface area (Å²) in [7, 11) is 0. The number of aliphatic hydroxyl groups excluding tert-OH is 4. The number of aliphatic hydroxyl groups is 6. The normalized spacial score (nSPS) is 12.1. The van der Waals surface area contributed by atoms with E-state index in [1.807, 2.05) is 0 Å². The van der Waals surface area contributed by atoms with Crippen molar-refractivity contribution in [1.29, 1.82) is 0 Å². The molecule has 0 spiro atoms. The zero-order valence-electron chi connectivity index (χ0n) is 19.0. The maximum Gasteiger partial charge on any atom is 1.00 e. The van der Waals surface area contributed by atoms with E-state index in [0.717, 1.165) is 19.3 Å². The van der Waals surface area contributed by atoms with Crippen molar-refractivity contribution >= 4 is 5.97 Å². The summed E-state index contributed by atoms with van der Waals surface area (Å²) in [6, 6.07) is 0. The Bertz CT molecular complexity index is 365. The zero-order valence-corrected chi connectivity index (χ0v) is 21.0. The molecule has 0 heterocycles. The molecule has 8 nitrogen and oxygen atoms in total. The molecular formula is C21H43NaO8. The standard InChI is InChI=1S/C18H36O5.C3H8O3.Na/c1-2-3-4-5-6-7-8-9-10-11-12-13-14-15-16(19)18(22,23)17(20)21;4-1-3(6)2-5;/h16,19,22-23H,2-15H2,1H3,(H,20,21);3-6H,1-2H2;/q;;+1/p-1. The van der Waals surface area contributed by atoms with E-state index in [2.05, 4.69) is 6.92 Å². The van der Waals surface area contributed by atoms with E-state index in [-0.39, 0.29) is 49.2 Å². The number of aliphatic carboxylic acids is 1. The van der Waals surface area contributed by atoms with Crippen molar-refractivity contribution in [2.75, 3.05) is 13.2 Å². The predicted octanol–water partition coefficient (Wildman–Crippen LogP) is -2.40. The van der Waals surface area contributed by atoms with Gasteiger partial charge in [-0.1, -0.05) is 90.4 Å². The molecule has 0 rings (SSSR count). The average molecular weight is 447 g/mol. The molecule has 0 saturated carbocycles. The number of hydrogen-bond acceptors (Lipinski definition) is 8. The number of unbranched alkanes of at least 4 members (excludes halogenated alkanes) is 12. The van der Waals surface area contributed by atoms with E-state index in [9.17, 15) is 15.0 Å². The largest absolute Gasteiger partial charge is 1.00 e. The maximum absolute atomic E-state index is 10.4. The second-order valence-electron chi connectivity index (χ2n) is 7.58. The third-order valence-electron chi connectivity index (χ3n) is 4.77. The summed E-state index contributed by atoms with van der Waals surface area (Å²) in [4.78, 5) is 10.4. The Morgan fingerprint density at radius 2 is 1.10 bits per heavy atom. The number of carboxylic acids is 1. The van der Waals surface area contributed by atoms with Crippen molar-refractivity contribution in [1.82, 2.24) is 0 Å². The first-order valence-electron chi connectivity index (χ1n) is 11.0. The van der Waals surface area contributed by atoms with E-state index < -0.39 is 24.0 Å². The Morgan fingerprint density at radius 3 is 1.37 bits per heavy atom. The average Bonchev–Trinajstić information content (AvgIpc) is 2.70. The van der Waals surface area contributed by atoms with Crippen LogP contribution in [0.4, 0.5) is 0 Å². The zero-order chi connectivity index (χ0) is 22.5. The molecule has 0 aliphatic carbocycles. The van der Waals surface area contributed by atoms with Gasteiger partial charge in [-0.05, 0) is 6.42 Å². The Labute approximate surface area is 203 Å². The first kappa shape index (κ1) is 34.8. The Balaban J connectivity index is -0.000000905. The van der Waals surface area contributed by atoms with Gasteiger partial charge in [0, 0.05) is 0 Å². The van der Waals surface area contributed by atoms with Gasteiger partial charge in [0.25, 0.3) is 0 Å². The number of hydrogen-bond donors (Lipinski definition) is 6. The molecule has 9 heteroatoms. The summed E-state index contributed by atoms with van der Waals surface area (Å²) in [5.74, 6) is -5.20. The molecular weight excluding hydrogens is 403 g/mol. The summed E-state index contributed by atoms with van der Waals surface area (Å²) in [5, 5.41) is 62.0. The first-order valence-corrected chi connectivity index (χ1v) is 11.0. The number of carboxylic acid groups (broad SMARTS) is 1. The quantitative estimate of drug-likeness (QED) is 0.0771. The fourth-order valence-corrected chi connectivity index (χ4v) is 2.75. The Morgan fingerprint density at radius 1 is 0.767 bits per heavy atom. The van der Waals surface area contributed by atoms with E-state index in [4.69, 9.17) is 25.5 Å². The van der Waals surface area contributed by atoms with Gasteiger partial charge in [-0.3, -0.25) is 0 Å². The second-order valence-corrected chi connectivity index (χ2v) is 7.58. The third kappa shape index (κ3) is 21.5. The number of rotatable bonds is 18. The first-order chi connectivity index (χ1) is 13.7. The van der Waals surface area contributed by atoms with Gasteiger partial charge in [-0.25, -0.2) is 0 Å². The van der Waals surface area contributed by atoms with Crippen molar-refractivity contribution in [3.63, 3.8) is 0 Å². The molecule has 1 unspecified atom stereocenters. The summed E-state index contributed by atoms with van der Waals surface area (Å²) in [6.45, 7) is 1.50. The van der Waals surface area contributed by atoms with Gasteiger partial charge in [0.1, 0.15) is 18.2 Å². The summed E-state index contributed by atoms with van der Waals surface area (Å²) in [6.07, 6.45) is 12.8. The van der Waals surface area contributed by atoms with Crippen LogP contribution in [0.15, 0.2) is 0 Å². The van der Waals surface area contributed by atoms with Crippen LogP contribution >= 0.6 is 0 Å². The van der Waals surface area contributed by atoms with Crippen LogP contribution in [-0.4, -0.2) is 67.8 Å². The summed E-state index contributed by atoms with van der Waals surface area (Å²) < 4.78 is 0. The van der Waals surface area contributed by atoms with Gasteiger partial charge < -0.3 is 40.5 Å². The fraction of sp³-hybridized carbons (Fsp3) is 0.952. The molecule has 0 aliphatic heterocycles. The van der Waals surface area contributed by atoms with Crippen LogP contribution < -0.4 is 34.7 Å². The monoisotopic (exact) mass is 446 g/mol. The van der Waals surface area contributed by atoms with Crippen LogP contribution in [0.2, 0.25) is 0 Å². The Kier molecular flexibility index (Phi) is 27.7. The second kappa shape index (κ2) is 23.9. The van der Waals surface area contributed by atoms with Crippen molar-refractivity contribution in [2.45, 2.75) is 115 Å². The van der Waals surface area contributed by atoms with Crippen molar-refractivity contribution < 1.29 is 70.1 Å². The summed E-state index contributed by atoms with van der Waals surface area (Å²) in [5.41, 5.74) is 0. The van der Waals surface area contributed by atoms with E-state index >= 15 is 0 Å². The Hall–Kier alpha value is 0.230. The fourth-order valence-electron chi connectivity index (χ4n) is 2.75. The molecule has 0 saturated heterocycles. The van der Waals surface area contributed by atoms with Crippen LogP contribution in [0.5, 0.6) is 0 Å². The smallest absolute Gasteiger partial charge is 0.544 e. The minimum Gasteiger partial charge on any atom is -0.544 e. The molecule has 0 bridgehead atoms. The van der Waals surface area contributed by atoms with E-state index in [1.165, 1.54) is 57.8 Å². The summed E-state index contributed by atoms with van der Waals surface area (Å²) >= 11 is 0. The van der Waals surface area contributed by atoms with Gasteiger partial charge in [-0.2, -0.15) is 0 Å². The molecule has 0 aliphatic rings. The van der Waals surface area contributed by atoms with Crippen LogP contribution in [-0.2, 0) is 4.79 Å². The van der Waals surface area contributed by atoms with Crippen LogP contribution in [0.1, 0.15) is 96.8 Å². The topological polar surface area (TPSA) is 162 Å². The minimum atomic E-state index is -3.14. The van der Waals surface area contributed by atoms with Crippen molar-refractivity contribution in [3.8, 4) is 0 Å². The molecule has 0 aromatic carbocycles. The van der Waals surface area contributed by atoms with Crippen molar-refractivity contribution in [3.05, 3.63) is 0 Å². The van der Waals surface area contributed by atoms with Gasteiger partial charge in [0.15, 0.2) is 0 Å². The minimum absolute atomic E-state index is 0. The van der Waals surface area contributed by atoms with Gasteiger partial charge in [0.05, 0.1) is 13.2 Å². The van der Waals surface area contributed by atoms with Crippen LogP contribution in [0.3, 0.4) is 0 Å². The van der Waals surface area contributed by atoms with Crippen molar-refractivity contribution in [2.24, 2.45) is 0 Å². The third-order valence-corrected chi connectivity index (χ3v) is 4.77. The van der Waals surface area contributed by atoms with Crippen LogP contribution in [0, 0.1) is 0 Å². The molecule has 6 N–H and O–H groups in total. The molecule has 30 heavy (non-hydrogen) atoms.